The molecule has 0 spiro atoms. The zero-order valence-electron chi connectivity index (χ0n) is 12.3. The predicted octanol–water partition coefficient (Wildman–Crippen LogP) is 2.69. The molecule has 0 radical (unpaired) electrons. The molecule has 2 heterocycles. The van der Waals surface area contributed by atoms with E-state index < -0.39 is 10.0 Å². The van der Waals surface area contributed by atoms with Crippen LogP contribution in [0.3, 0.4) is 0 Å². The number of aliphatic hydroxyl groups excluding tert-OH is 1. The molecule has 0 atom stereocenters. The second-order valence-corrected chi connectivity index (χ2v) is 9.38. The first-order valence-electron chi connectivity index (χ1n) is 6.93. The highest BCUT2D eigenvalue weighted by Gasteiger charge is 2.34. The van der Waals surface area contributed by atoms with Gasteiger partial charge in [0.1, 0.15) is 0 Å². The normalized spacial score (nSPS) is 19.4. The second-order valence-electron chi connectivity index (χ2n) is 6.45. The Kier molecular flexibility index (Phi) is 4.59. The molecule has 1 fully saturated rings. The SMILES string of the molecule is CC(C)(C)C1CCN(S(=O)(=O)c2csc(CO)c2)CC1. The molecule has 1 aliphatic heterocycles. The van der Waals surface area contributed by atoms with E-state index in [0.717, 1.165) is 12.8 Å². The van der Waals surface area contributed by atoms with Crippen molar-refractivity contribution in [3.05, 3.63) is 16.3 Å². The van der Waals surface area contributed by atoms with Crippen molar-refractivity contribution in [3.8, 4) is 0 Å². The molecule has 6 heteroatoms. The lowest BCUT2D eigenvalue weighted by molar-refractivity contribution is 0.154. The molecule has 0 aromatic carbocycles. The first kappa shape index (κ1) is 15.9. The van der Waals surface area contributed by atoms with Gasteiger partial charge in [0, 0.05) is 23.3 Å². The fourth-order valence-corrected chi connectivity index (χ4v) is 5.28. The van der Waals surface area contributed by atoms with E-state index in [2.05, 4.69) is 20.8 Å². The zero-order valence-corrected chi connectivity index (χ0v) is 13.9. The van der Waals surface area contributed by atoms with Gasteiger partial charge in [-0.1, -0.05) is 20.8 Å². The molecule has 114 valence electrons. The van der Waals surface area contributed by atoms with Crippen molar-refractivity contribution in [3.63, 3.8) is 0 Å². The number of sulfonamides is 1. The van der Waals surface area contributed by atoms with Crippen molar-refractivity contribution in [1.82, 2.24) is 4.31 Å². The van der Waals surface area contributed by atoms with Gasteiger partial charge in [-0.25, -0.2) is 8.42 Å². The fraction of sp³-hybridized carbons (Fsp3) is 0.714. The summed E-state index contributed by atoms with van der Waals surface area (Å²) in [6, 6.07) is 1.58. The Balaban J connectivity index is 2.09. The van der Waals surface area contributed by atoms with Crippen LogP contribution in [0.1, 0.15) is 38.5 Å². The van der Waals surface area contributed by atoms with Gasteiger partial charge < -0.3 is 5.11 Å². The number of rotatable bonds is 3. The van der Waals surface area contributed by atoms with Gasteiger partial charge in [0.2, 0.25) is 10.0 Å². The average molecular weight is 317 g/mol. The summed E-state index contributed by atoms with van der Waals surface area (Å²) >= 11 is 1.29. The molecule has 1 aromatic rings. The lowest BCUT2D eigenvalue weighted by atomic mass is 9.76. The average Bonchev–Trinajstić information content (AvgIpc) is 2.87. The summed E-state index contributed by atoms with van der Waals surface area (Å²) in [6.45, 7) is 7.73. The molecular weight excluding hydrogens is 294 g/mol. The molecule has 1 N–H and O–H groups in total. The van der Waals surface area contributed by atoms with E-state index in [0.29, 0.717) is 28.8 Å². The van der Waals surface area contributed by atoms with Crippen LogP contribution in [-0.4, -0.2) is 30.9 Å². The maximum absolute atomic E-state index is 12.5. The smallest absolute Gasteiger partial charge is 0.243 e. The number of nitrogens with zero attached hydrogens (tertiary/aromatic N) is 1. The molecule has 1 aromatic heterocycles. The van der Waals surface area contributed by atoms with Gasteiger partial charge in [-0.2, -0.15) is 4.31 Å². The second kappa shape index (κ2) is 5.75. The van der Waals surface area contributed by atoms with Crippen molar-refractivity contribution >= 4 is 21.4 Å². The third-order valence-corrected chi connectivity index (χ3v) is 7.05. The van der Waals surface area contributed by atoms with Gasteiger partial charge in [0.05, 0.1) is 11.5 Å². The minimum Gasteiger partial charge on any atom is -0.391 e. The highest BCUT2D eigenvalue weighted by Crippen LogP contribution is 2.36. The highest BCUT2D eigenvalue weighted by atomic mass is 32.2. The predicted molar refractivity (Wildman–Crippen MR) is 81.2 cm³/mol. The first-order valence-corrected chi connectivity index (χ1v) is 9.25. The van der Waals surface area contributed by atoms with E-state index in [9.17, 15) is 8.42 Å². The van der Waals surface area contributed by atoms with Crippen LogP contribution in [-0.2, 0) is 16.6 Å². The van der Waals surface area contributed by atoms with E-state index >= 15 is 0 Å². The molecular formula is C14H23NO3S2. The number of hydrogen-bond donors (Lipinski definition) is 1. The van der Waals surface area contributed by atoms with Crippen LogP contribution in [0.15, 0.2) is 16.3 Å². The van der Waals surface area contributed by atoms with Crippen molar-refractivity contribution in [2.75, 3.05) is 13.1 Å². The Morgan fingerprint density at radius 2 is 1.95 bits per heavy atom. The fourth-order valence-electron chi connectivity index (χ4n) is 2.69. The molecule has 0 aliphatic carbocycles. The summed E-state index contributed by atoms with van der Waals surface area (Å²) in [6.07, 6.45) is 1.83. The lowest BCUT2D eigenvalue weighted by Crippen LogP contribution is -2.41. The maximum atomic E-state index is 12.5. The molecule has 20 heavy (non-hydrogen) atoms. The zero-order chi connectivity index (χ0) is 15.0. The van der Waals surface area contributed by atoms with Gasteiger partial charge in [0.15, 0.2) is 0 Å². The van der Waals surface area contributed by atoms with Crippen LogP contribution in [0.2, 0.25) is 0 Å². The summed E-state index contributed by atoms with van der Waals surface area (Å²) in [5, 5.41) is 10.7. The van der Waals surface area contributed by atoms with Crippen LogP contribution in [0.5, 0.6) is 0 Å². The summed E-state index contributed by atoms with van der Waals surface area (Å²) in [5.74, 6) is 0.574. The third kappa shape index (κ3) is 3.24. The van der Waals surface area contributed by atoms with E-state index in [1.807, 2.05) is 0 Å². The Hall–Kier alpha value is -0.430. The summed E-state index contributed by atoms with van der Waals surface area (Å²) in [7, 11) is -3.39. The van der Waals surface area contributed by atoms with Gasteiger partial charge in [0.25, 0.3) is 0 Å². The molecule has 0 saturated carbocycles. The van der Waals surface area contributed by atoms with E-state index in [1.54, 1.807) is 15.8 Å². The Labute approximate surface area is 125 Å². The van der Waals surface area contributed by atoms with Gasteiger partial charge in [-0.3, -0.25) is 0 Å². The number of hydrogen-bond acceptors (Lipinski definition) is 4. The lowest BCUT2D eigenvalue weighted by Gasteiger charge is -2.38. The molecule has 1 saturated heterocycles. The minimum absolute atomic E-state index is 0.105. The van der Waals surface area contributed by atoms with Crippen molar-refractivity contribution < 1.29 is 13.5 Å². The minimum atomic E-state index is -3.39. The number of piperidine rings is 1. The molecule has 1 aliphatic rings. The van der Waals surface area contributed by atoms with Crippen LogP contribution in [0.25, 0.3) is 0 Å². The summed E-state index contributed by atoms with van der Waals surface area (Å²) in [4.78, 5) is 1.01. The standard InChI is InChI=1S/C14H23NO3S2/c1-14(2,3)11-4-6-15(7-5-11)20(17,18)13-8-12(9-16)19-10-13/h8,10-11,16H,4-7,9H2,1-3H3. The molecule has 4 nitrogen and oxygen atoms in total. The van der Waals surface area contributed by atoms with Crippen molar-refractivity contribution in [1.29, 1.82) is 0 Å². The van der Waals surface area contributed by atoms with Crippen LogP contribution >= 0.6 is 11.3 Å². The van der Waals surface area contributed by atoms with E-state index in [4.69, 9.17) is 5.11 Å². The quantitative estimate of drug-likeness (QED) is 0.932. The highest BCUT2D eigenvalue weighted by molar-refractivity contribution is 7.89. The van der Waals surface area contributed by atoms with Gasteiger partial charge in [-0.05, 0) is 30.2 Å². The summed E-state index contributed by atoms with van der Waals surface area (Å²) in [5.41, 5.74) is 0.238. The van der Waals surface area contributed by atoms with Crippen LogP contribution < -0.4 is 0 Å². The number of aliphatic hydroxyl groups is 1. The van der Waals surface area contributed by atoms with E-state index in [1.165, 1.54) is 11.3 Å². The molecule has 0 bridgehead atoms. The van der Waals surface area contributed by atoms with Gasteiger partial charge in [-0.15, -0.1) is 11.3 Å². The molecule has 2 rings (SSSR count). The monoisotopic (exact) mass is 317 g/mol. The molecule has 0 amide bonds. The van der Waals surface area contributed by atoms with E-state index in [-0.39, 0.29) is 12.0 Å². The van der Waals surface area contributed by atoms with Crippen LogP contribution in [0, 0.1) is 11.3 Å². The Morgan fingerprint density at radius 3 is 2.40 bits per heavy atom. The first-order chi connectivity index (χ1) is 9.25. The van der Waals surface area contributed by atoms with Gasteiger partial charge >= 0.3 is 0 Å². The van der Waals surface area contributed by atoms with Crippen molar-refractivity contribution in [2.45, 2.75) is 45.1 Å². The van der Waals surface area contributed by atoms with Crippen molar-refractivity contribution in [2.24, 2.45) is 11.3 Å². The Morgan fingerprint density at radius 1 is 1.35 bits per heavy atom. The number of thiophene rings is 1. The van der Waals surface area contributed by atoms with Crippen LogP contribution in [0.4, 0.5) is 0 Å². The largest absolute Gasteiger partial charge is 0.391 e. The molecule has 0 unspecified atom stereocenters. The third-order valence-electron chi connectivity index (χ3n) is 4.10. The summed E-state index contributed by atoms with van der Waals surface area (Å²) < 4.78 is 26.6. The topological polar surface area (TPSA) is 57.6 Å². The maximum Gasteiger partial charge on any atom is 0.243 e. The Bertz CT molecular complexity index is 549.